The average Bonchev–Trinajstić information content (AvgIpc) is 3.20. The first-order valence-corrected chi connectivity index (χ1v) is 8.88. The Labute approximate surface area is 141 Å². The molecule has 22 heavy (non-hydrogen) atoms. The first-order valence-electron chi connectivity index (χ1n) is 7.21. The fourth-order valence-corrected chi connectivity index (χ4v) is 3.77. The maximum Gasteiger partial charge on any atom is 0.267 e. The van der Waals surface area contributed by atoms with Crippen LogP contribution in [-0.4, -0.2) is 48.6 Å². The van der Waals surface area contributed by atoms with Crippen molar-refractivity contribution in [1.82, 2.24) is 15.2 Å². The van der Waals surface area contributed by atoms with E-state index in [1.807, 2.05) is 0 Å². The second-order valence-electron chi connectivity index (χ2n) is 5.12. The standard InChI is InChI=1S/C15H18BrN3O2S/c16-11-8-12(17-9-11)15(20)18-10-13(14-2-1-7-22-14)19-3-5-21-6-4-19/h1-2,7-9,13,17H,3-6,10H2,(H,18,20). The molecular formula is C15H18BrN3O2S. The molecule has 2 N–H and O–H groups in total. The van der Waals surface area contributed by atoms with Crippen molar-refractivity contribution in [3.63, 3.8) is 0 Å². The predicted octanol–water partition coefficient (Wildman–Crippen LogP) is 2.64. The van der Waals surface area contributed by atoms with Crippen molar-refractivity contribution in [3.8, 4) is 0 Å². The van der Waals surface area contributed by atoms with Gasteiger partial charge in [0.1, 0.15) is 5.69 Å². The molecule has 0 aromatic carbocycles. The maximum atomic E-state index is 12.2. The highest BCUT2D eigenvalue weighted by Crippen LogP contribution is 2.25. The summed E-state index contributed by atoms with van der Waals surface area (Å²) in [6.07, 6.45) is 1.76. The normalized spacial score (nSPS) is 17.3. The quantitative estimate of drug-likeness (QED) is 0.834. The number of hydrogen-bond donors (Lipinski definition) is 2. The highest BCUT2D eigenvalue weighted by Gasteiger charge is 2.24. The number of H-pyrrole nitrogens is 1. The van der Waals surface area contributed by atoms with E-state index < -0.39 is 0 Å². The van der Waals surface area contributed by atoms with Gasteiger partial charge in [0.25, 0.3) is 5.91 Å². The molecule has 3 heterocycles. The van der Waals surface area contributed by atoms with Gasteiger partial charge in [0.05, 0.1) is 19.3 Å². The molecule has 0 saturated carbocycles. The highest BCUT2D eigenvalue weighted by atomic mass is 79.9. The summed E-state index contributed by atoms with van der Waals surface area (Å²) in [7, 11) is 0. The van der Waals surface area contributed by atoms with E-state index in [1.165, 1.54) is 4.88 Å². The molecule has 0 bridgehead atoms. The van der Waals surface area contributed by atoms with Crippen LogP contribution < -0.4 is 5.32 Å². The Morgan fingerprint density at radius 3 is 2.95 bits per heavy atom. The minimum absolute atomic E-state index is 0.0829. The van der Waals surface area contributed by atoms with Crippen LogP contribution in [0.25, 0.3) is 0 Å². The number of ether oxygens (including phenoxy) is 1. The van der Waals surface area contributed by atoms with E-state index in [9.17, 15) is 4.79 Å². The SMILES string of the molecule is O=C(NCC(c1cccs1)N1CCOCC1)c1cc(Br)c[nH]1. The van der Waals surface area contributed by atoms with Crippen LogP contribution in [0.5, 0.6) is 0 Å². The van der Waals surface area contributed by atoms with Crippen molar-refractivity contribution in [2.75, 3.05) is 32.8 Å². The van der Waals surface area contributed by atoms with Gasteiger partial charge in [-0.15, -0.1) is 11.3 Å². The van der Waals surface area contributed by atoms with Crippen molar-refractivity contribution >= 4 is 33.2 Å². The molecule has 2 aromatic rings. The van der Waals surface area contributed by atoms with Gasteiger partial charge in [-0.25, -0.2) is 0 Å². The first-order chi connectivity index (χ1) is 10.7. The summed E-state index contributed by atoms with van der Waals surface area (Å²) in [6.45, 7) is 3.88. The number of morpholine rings is 1. The Hall–Kier alpha value is -1.15. The van der Waals surface area contributed by atoms with Gasteiger partial charge in [0.15, 0.2) is 0 Å². The van der Waals surface area contributed by atoms with Gasteiger partial charge < -0.3 is 15.0 Å². The number of halogens is 1. The monoisotopic (exact) mass is 383 g/mol. The highest BCUT2D eigenvalue weighted by molar-refractivity contribution is 9.10. The van der Waals surface area contributed by atoms with Gasteiger partial charge in [-0.3, -0.25) is 9.69 Å². The Bertz CT molecular complexity index is 608. The van der Waals surface area contributed by atoms with Gasteiger partial charge in [-0.05, 0) is 33.4 Å². The molecule has 0 radical (unpaired) electrons. The van der Waals surface area contributed by atoms with Gasteiger partial charge in [-0.2, -0.15) is 0 Å². The van der Waals surface area contributed by atoms with Crippen molar-refractivity contribution in [3.05, 3.63) is 44.8 Å². The van der Waals surface area contributed by atoms with E-state index in [4.69, 9.17) is 4.74 Å². The van der Waals surface area contributed by atoms with Crippen LogP contribution in [0.15, 0.2) is 34.2 Å². The minimum atomic E-state index is -0.0829. The summed E-state index contributed by atoms with van der Waals surface area (Å²) < 4.78 is 6.30. The van der Waals surface area contributed by atoms with Crippen LogP contribution in [-0.2, 0) is 4.74 Å². The van der Waals surface area contributed by atoms with Crippen LogP contribution in [0.3, 0.4) is 0 Å². The van der Waals surface area contributed by atoms with Gasteiger partial charge in [0, 0.05) is 35.2 Å². The molecule has 1 unspecified atom stereocenters. The molecule has 7 heteroatoms. The lowest BCUT2D eigenvalue weighted by Crippen LogP contribution is -2.43. The van der Waals surface area contributed by atoms with Gasteiger partial charge >= 0.3 is 0 Å². The molecule has 0 aliphatic carbocycles. The molecule has 118 valence electrons. The summed E-state index contributed by atoms with van der Waals surface area (Å²) in [5, 5.41) is 5.11. The molecule has 1 aliphatic rings. The van der Waals surface area contributed by atoms with Gasteiger partial charge in [-0.1, -0.05) is 6.07 Å². The third-order valence-electron chi connectivity index (χ3n) is 3.71. The average molecular weight is 384 g/mol. The Morgan fingerprint density at radius 2 is 2.32 bits per heavy atom. The topological polar surface area (TPSA) is 57.4 Å². The Kier molecular flexibility index (Phi) is 5.30. The van der Waals surface area contributed by atoms with E-state index in [1.54, 1.807) is 23.6 Å². The summed E-state index contributed by atoms with van der Waals surface area (Å²) in [5.74, 6) is -0.0829. The van der Waals surface area contributed by atoms with Crippen molar-refractivity contribution < 1.29 is 9.53 Å². The third kappa shape index (κ3) is 3.78. The fourth-order valence-electron chi connectivity index (χ4n) is 2.56. The molecule has 0 spiro atoms. The van der Waals surface area contributed by atoms with Crippen molar-refractivity contribution in [2.45, 2.75) is 6.04 Å². The molecular weight excluding hydrogens is 366 g/mol. The summed E-state index contributed by atoms with van der Waals surface area (Å²) in [6, 6.07) is 6.16. The van der Waals surface area contributed by atoms with Crippen LogP contribution in [0.2, 0.25) is 0 Å². The number of amides is 1. The lowest BCUT2D eigenvalue weighted by molar-refractivity contribution is 0.0169. The maximum absolute atomic E-state index is 12.2. The van der Waals surface area contributed by atoms with Crippen molar-refractivity contribution in [2.24, 2.45) is 0 Å². The van der Waals surface area contributed by atoms with E-state index in [0.717, 1.165) is 30.8 Å². The van der Waals surface area contributed by atoms with E-state index in [2.05, 4.69) is 48.6 Å². The predicted molar refractivity (Wildman–Crippen MR) is 90.3 cm³/mol. The Balaban J connectivity index is 1.66. The van der Waals surface area contributed by atoms with E-state index in [0.29, 0.717) is 12.2 Å². The molecule has 1 saturated heterocycles. The smallest absolute Gasteiger partial charge is 0.267 e. The Morgan fingerprint density at radius 1 is 1.50 bits per heavy atom. The number of thiophene rings is 1. The molecule has 1 amide bonds. The zero-order chi connectivity index (χ0) is 15.4. The first kappa shape index (κ1) is 15.7. The number of nitrogens with one attached hydrogen (secondary N) is 2. The number of hydrogen-bond acceptors (Lipinski definition) is 4. The number of carbonyl (C=O) groups is 1. The fraction of sp³-hybridized carbons (Fsp3) is 0.400. The van der Waals surface area contributed by atoms with Crippen LogP contribution in [0.1, 0.15) is 21.4 Å². The second-order valence-corrected chi connectivity index (χ2v) is 7.02. The third-order valence-corrected chi connectivity index (χ3v) is 5.14. The molecule has 1 aliphatic heterocycles. The number of nitrogens with zero attached hydrogens (tertiary/aromatic N) is 1. The summed E-state index contributed by atoms with van der Waals surface area (Å²) >= 11 is 5.07. The van der Waals surface area contributed by atoms with E-state index in [-0.39, 0.29) is 11.9 Å². The van der Waals surface area contributed by atoms with Crippen molar-refractivity contribution in [1.29, 1.82) is 0 Å². The second kappa shape index (κ2) is 7.41. The summed E-state index contributed by atoms with van der Waals surface area (Å²) in [4.78, 5) is 18.8. The lowest BCUT2D eigenvalue weighted by Gasteiger charge is -2.34. The molecule has 1 atom stereocenters. The zero-order valence-corrected chi connectivity index (χ0v) is 14.5. The van der Waals surface area contributed by atoms with Crippen LogP contribution >= 0.6 is 27.3 Å². The van der Waals surface area contributed by atoms with Gasteiger partial charge in [0.2, 0.25) is 0 Å². The number of aromatic amines is 1. The van der Waals surface area contributed by atoms with Crippen LogP contribution in [0, 0.1) is 0 Å². The largest absolute Gasteiger partial charge is 0.379 e. The molecule has 1 fully saturated rings. The molecule has 5 nitrogen and oxygen atoms in total. The lowest BCUT2D eigenvalue weighted by atomic mass is 10.2. The molecule has 2 aromatic heterocycles. The number of carbonyl (C=O) groups excluding carboxylic acids is 1. The number of aromatic nitrogens is 1. The van der Waals surface area contributed by atoms with Crippen LogP contribution in [0.4, 0.5) is 0 Å². The minimum Gasteiger partial charge on any atom is -0.379 e. The zero-order valence-electron chi connectivity index (χ0n) is 12.0. The molecule has 3 rings (SSSR count). The number of rotatable bonds is 5. The summed E-state index contributed by atoms with van der Waals surface area (Å²) in [5.41, 5.74) is 0.568. The van der Waals surface area contributed by atoms with E-state index >= 15 is 0 Å².